The van der Waals surface area contributed by atoms with E-state index >= 15 is 0 Å². The van der Waals surface area contributed by atoms with Crippen LogP contribution in [-0.4, -0.2) is 61.4 Å². The molecule has 1 unspecified atom stereocenters. The topological polar surface area (TPSA) is 73.0 Å². The lowest BCUT2D eigenvalue weighted by Crippen LogP contribution is -2.53. The standard InChI is InChI=1S/C33H36N4O3/c1-33(14-3-15-33)21-35-16-18-36(19-17-35)24-9-6-22(7-10-24)20-23-8-11-27-30-25(23)4-2-5-26(30)32(40)37(27)28-12-13-29(38)34-31(28)39/h2,4-11,28H,3,12-21H2,1H3,(H,34,38,39). The van der Waals surface area contributed by atoms with Crippen LogP contribution in [0.3, 0.4) is 0 Å². The summed E-state index contributed by atoms with van der Waals surface area (Å²) in [7, 11) is 0. The Labute approximate surface area is 235 Å². The number of nitrogens with one attached hydrogen (secondary N) is 1. The van der Waals surface area contributed by atoms with Crippen molar-refractivity contribution >= 4 is 39.9 Å². The van der Waals surface area contributed by atoms with Crippen molar-refractivity contribution in [3.8, 4) is 0 Å². The SMILES string of the molecule is CC1(CN2CCN(c3ccc(Cc4ccc5c6c(cccc46)C(=O)N5C4CCC(=O)NC4=O)cc3)CC2)CCC1. The molecule has 3 aromatic rings. The first-order chi connectivity index (χ1) is 19.4. The number of carbonyl (C=O) groups excluding carboxylic acids is 3. The summed E-state index contributed by atoms with van der Waals surface area (Å²) >= 11 is 0. The molecule has 1 N–H and O–H groups in total. The van der Waals surface area contributed by atoms with Crippen molar-refractivity contribution in [3.63, 3.8) is 0 Å². The van der Waals surface area contributed by atoms with Crippen LogP contribution in [0.5, 0.6) is 0 Å². The second-order valence-electron chi connectivity index (χ2n) is 12.4. The highest BCUT2D eigenvalue weighted by atomic mass is 16.2. The van der Waals surface area contributed by atoms with E-state index in [0.29, 0.717) is 17.4 Å². The molecule has 3 amide bonds. The Morgan fingerprint density at radius 1 is 0.925 bits per heavy atom. The zero-order valence-electron chi connectivity index (χ0n) is 23.1. The van der Waals surface area contributed by atoms with Gasteiger partial charge in [0.05, 0.1) is 5.69 Å². The smallest absolute Gasteiger partial charge is 0.259 e. The number of benzene rings is 3. The Balaban J connectivity index is 1.07. The minimum Gasteiger partial charge on any atom is -0.369 e. The lowest BCUT2D eigenvalue weighted by molar-refractivity contribution is -0.134. The molecule has 0 bridgehead atoms. The van der Waals surface area contributed by atoms with Gasteiger partial charge in [-0.2, -0.15) is 0 Å². The average Bonchev–Trinajstić information content (AvgIpc) is 3.23. The van der Waals surface area contributed by atoms with E-state index in [-0.39, 0.29) is 18.2 Å². The Bertz CT molecular complexity index is 1500. The van der Waals surface area contributed by atoms with E-state index in [1.807, 2.05) is 18.2 Å². The predicted octanol–water partition coefficient (Wildman–Crippen LogP) is 4.51. The quantitative estimate of drug-likeness (QED) is 0.470. The van der Waals surface area contributed by atoms with E-state index in [1.54, 1.807) is 4.90 Å². The van der Waals surface area contributed by atoms with Crippen molar-refractivity contribution in [1.29, 1.82) is 0 Å². The van der Waals surface area contributed by atoms with Crippen molar-refractivity contribution in [3.05, 3.63) is 71.3 Å². The minimum absolute atomic E-state index is 0.168. The third-order valence-corrected chi connectivity index (χ3v) is 9.57. The number of rotatable bonds is 6. The molecule has 1 atom stereocenters. The van der Waals surface area contributed by atoms with Crippen LogP contribution in [0.4, 0.5) is 11.4 Å². The molecule has 3 aliphatic heterocycles. The van der Waals surface area contributed by atoms with E-state index < -0.39 is 11.9 Å². The van der Waals surface area contributed by atoms with Gasteiger partial charge in [0.15, 0.2) is 0 Å². The number of piperidine rings is 1. The zero-order chi connectivity index (χ0) is 27.4. The maximum atomic E-state index is 13.4. The van der Waals surface area contributed by atoms with Crippen LogP contribution in [0.1, 0.15) is 60.5 Å². The molecule has 7 rings (SSSR count). The van der Waals surface area contributed by atoms with Crippen molar-refractivity contribution in [2.45, 2.75) is 51.5 Å². The Hall–Kier alpha value is -3.71. The summed E-state index contributed by atoms with van der Waals surface area (Å²) < 4.78 is 0. The molecule has 3 fully saturated rings. The summed E-state index contributed by atoms with van der Waals surface area (Å²) in [6.45, 7) is 8.09. The average molecular weight is 537 g/mol. The second-order valence-corrected chi connectivity index (χ2v) is 12.4. The Morgan fingerprint density at radius 3 is 2.40 bits per heavy atom. The van der Waals surface area contributed by atoms with Crippen molar-refractivity contribution in [1.82, 2.24) is 10.2 Å². The zero-order valence-corrected chi connectivity index (χ0v) is 23.1. The fourth-order valence-corrected chi connectivity index (χ4v) is 7.15. The minimum atomic E-state index is -0.664. The van der Waals surface area contributed by atoms with Crippen molar-refractivity contribution < 1.29 is 14.4 Å². The highest BCUT2D eigenvalue weighted by molar-refractivity contribution is 6.27. The van der Waals surface area contributed by atoms with Gasteiger partial charge in [0.25, 0.3) is 5.91 Å². The summed E-state index contributed by atoms with van der Waals surface area (Å²) in [5.41, 5.74) is 5.60. The van der Waals surface area contributed by atoms with E-state index in [1.165, 1.54) is 37.1 Å². The predicted molar refractivity (Wildman–Crippen MR) is 157 cm³/mol. The van der Waals surface area contributed by atoms with Crippen LogP contribution in [0, 0.1) is 5.41 Å². The highest BCUT2D eigenvalue weighted by Crippen LogP contribution is 2.42. The fourth-order valence-electron chi connectivity index (χ4n) is 7.15. The number of imide groups is 1. The summed E-state index contributed by atoms with van der Waals surface area (Å²) in [6.07, 6.45) is 5.49. The van der Waals surface area contributed by atoms with Gasteiger partial charge in [-0.05, 0) is 71.9 Å². The summed E-state index contributed by atoms with van der Waals surface area (Å²) in [5, 5.41) is 4.34. The lowest BCUT2D eigenvalue weighted by atomic mass is 9.70. The fraction of sp³-hybridized carbons (Fsp3) is 0.424. The van der Waals surface area contributed by atoms with Gasteiger partial charge in [-0.25, -0.2) is 0 Å². The van der Waals surface area contributed by atoms with Gasteiger partial charge >= 0.3 is 0 Å². The van der Waals surface area contributed by atoms with Gasteiger partial charge in [0.1, 0.15) is 6.04 Å². The lowest BCUT2D eigenvalue weighted by Gasteiger charge is -2.45. The van der Waals surface area contributed by atoms with Crippen LogP contribution in [0.15, 0.2) is 54.6 Å². The van der Waals surface area contributed by atoms with Crippen molar-refractivity contribution in [2.24, 2.45) is 5.41 Å². The van der Waals surface area contributed by atoms with Gasteiger partial charge in [0, 0.05) is 55.8 Å². The highest BCUT2D eigenvalue weighted by Gasteiger charge is 2.41. The molecule has 0 aromatic heterocycles. The van der Waals surface area contributed by atoms with Gasteiger partial charge in [0.2, 0.25) is 11.8 Å². The molecule has 7 nitrogen and oxygen atoms in total. The third-order valence-electron chi connectivity index (χ3n) is 9.57. The van der Waals surface area contributed by atoms with Crippen LogP contribution in [-0.2, 0) is 16.0 Å². The van der Waals surface area contributed by atoms with Crippen molar-refractivity contribution in [2.75, 3.05) is 42.5 Å². The van der Waals surface area contributed by atoms with Gasteiger partial charge in [-0.15, -0.1) is 0 Å². The number of anilines is 2. The number of amides is 3. The van der Waals surface area contributed by atoms with Crippen LogP contribution in [0.25, 0.3) is 10.8 Å². The molecule has 4 aliphatic rings. The van der Waals surface area contributed by atoms with Crippen LogP contribution in [0.2, 0.25) is 0 Å². The summed E-state index contributed by atoms with van der Waals surface area (Å²) in [4.78, 5) is 44.4. The Kier molecular flexibility index (Phi) is 6.15. The number of piperazine rings is 1. The summed E-state index contributed by atoms with van der Waals surface area (Å²) in [6, 6.07) is 18.1. The number of nitrogens with zero attached hydrogens (tertiary/aromatic N) is 3. The van der Waals surface area contributed by atoms with E-state index in [9.17, 15) is 14.4 Å². The summed E-state index contributed by atoms with van der Waals surface area (Å²) in [5.74, 6) is -0.847. The van der Waals surface area contributed by atoms with Gasteiger partial charge in [-0.1, -0.05) is 43.7 Å². The number of hydrogen-bond donors (Lipinski definition) is 1. The maximum Gasteiger partial charge on any atom is 0.259 e. The van der Waals surface area contributed by atoms with E-state index in [2.05, 4.69) is 58.4 Å². The normalized spacial score (nSPS) is 22.5. The molecule has 1 aliphatic carbocycles. The molecule has 206 valence electrons. The Morgan fingerprint density at radius 2 is 1.70 bits per heavy atom. The molecule has 40 heavy (non-hydrogen) atoms. The van der Waals surface area contributed by atoms with Crippen LogP contribution >= 0.6 is 0 Å². The molecular weight excluding hydrogens is 500 g/mol. The second kappa shape index (κ2) is 9.73. The molecule has 1 saturated carbocycles. The molecular formula is C33H36N4O3. The van der Waals surface area contributed by atoms with E-state index in [4.69, 9.17) is 0 Å². The molecule has 0 spiro atoms. The number of hydrogen-bond acceptors (Lipinski definition) is 5. The molecule has 3 heterocycles. The first-order valence-corrected chi connectivity index (χ1v) is 14.7. The van der Waals surface area contributed by atoms with Gasteiger partial charge in [-0.3, -0.25) is 29.5 Å². The molecule has 7 heteroatoms. The molecule has 3 aromatic carbocycles. The molecule has 2 saturated heterocycles. The molecule has 0 radical (unpaired) electrons. The first-order valence-electron chi connectivity index (χ1n) is 14.7. The van der Waals surface area contributed by atoms with E-state index in [0.717, 1.165) is 54.6 Å². The third kappa shape index (κ3) is 4.37. The number of carbonyl (C=O) groups is 3. The largest absolute Gasteiger partial charge is 0.369 e. The van der Waals surface area contributed by atoms with Gasteiger partial charge < -0.3 is 4.90 Å². The first kappa shape index (κ1) is 25.3. The van der Waals surface area contributed by atoms with Crippen LogP contribution < -0.4 is 15.1 Å². The maximum absolute atomic E-state index is 13.4. The monoisotopic (exact) mass is 536 g/mol.